The standard InChI is InChI=1S/C18H11NOS/c20-18-15(12-6-2-1-3-7-12)11-14-10-13-8-4-5-9-16(13)19-17(14)21-18/h1-11H. The van der Waals surface area contributed by atoms with Gasteiger partial charge in [0, 0.05) is 16.3 Å². The van der Waals surface area contributed by atoms with E-state index in [1.165, 1.54) is 11.3 Å². The average molecular weight is 289 g/mol. The van der Waals surface area contributed by atoms with Crippen molar-refractivity contribution in [3.63, 3.8) is 0 Å². The highest BCUT2D eigenvalue weighted by Gasteiger charge is 2.07. The quantitative estimate of drug-likeness (QED) is 0.484. The molecule has 3 heteroatoms. The van der Waals surface area contributed by atoms with Crippen molar-refractivity contribution in [1.82, 2.24) is 4.98 Å². The summed E-state index contributed by atoms with van der Waals surface area (Å²) in [5, 5.41) is 2.10. The lowest BCUT2D eigenvalue weighted by molar-refractivity contribution is 1.53. The Hall–Kier alpha value is -2.52. The SMILES string of the molecule is O=c1sc2nc3ccccc3cc2cc1-c1ccccc1. The number of nitrogens with zero attached hydrogens (tertiary/aromatic N) is 1. The lowest BCUT2D eigenvalue weighted by atomic mass is 10.1. The van der Waals surface area contributed by atoms with E-state index in [0.29, 0.717) is 0 Å². The summed E-state index contributed by atoms with van der Waals surface area (Å²) >= 11 is 1.21. The molecule has 0 amide bonds. The van der Waals surface area contributed by atoms with E-state index in [1.54, 1.807) is 0 Å². The molecule has 2 heterocycles. The van der Waals surface area contributed by atoms with E-state index in [2.05, 4.69) is 11.1 Å². The Labute approximate surface area is 125 Å². The van der Waals surface area contributed by atoms with Crippen LogP contribution >= 0.6 is 11.3 Å². The van der Waals surface area contributed by atoms with Crippen molar-refractivity contribution in [1.29, 1.82) is 0 Å². The Balaban J connectivity index is 2.05. The van der Waals surface area contributed by atoms with E-state index in [1.807, 2.05) is 60.7 Å². The van der Waals surface area contributed by atoms with Gasteiger partial charge in [-0.3, -0.25) is 4.79 Å². The van der Waals surface area contributed by atoms with Gasteiger partial charge in [0.15, 0.2) is 0 Å². The molecule has 2 aromatic heterocycles. The molecule has 0 saturated carbocycles. The molecule has 0 saturated heterocycles. The van der Waals surface area contributed by atoms with Crippen molar-refractivity contribution in [2.45, 2.75) is 0 Å². The lowest BCUT2D eigenvalue weighted by Gasteiger charge is -2.04. The second kappa shape index (κ2) is 4.79. The molecule has 0 aliphatic carbocycles. The molecule has 100 valence electrons. The van der Waals surface area contributed by atoms with Gasteiger partial charge in [0.1, 0.15) is 4.83 Å². The predicted molar refractivity (Wildman–Crippen MR) is 88.8 cm³/mol. The summed E-state index contributed by atoms with van der Waals surface area (Å²) in [6.07, 6.45) is 0. The molecule has 4 aromatic rings. The monoisotopic (exact) mass is 289 g/mol. The second-order valence-corrected chi connectivity index (χ2v) is 5.85. The van der Waals surface area contributed by atoms with Gasteiger partial charge in [-0.1, -0.05) is 59.9 Å². The van der Waals surface area contributed by atoms with Gasteiger partial charge in [0.25, 0.3) is 0 Å². The molecule has 4 rings (SSSR count). The van der Waals surface area contributed by atoms with Crippen LogP contribution in [0.15, 0.2) is 71.5 Å². The number of pyridine rings is 1. The maximum atomic E-state index is 12.3. The fourth-order valence-electron chi connectivity index (χ4n) is 2.48. The number of fused-ring (bicyclic) bond motifs is 2. The first kappa shape index (κ1) is 12.2. The number of benzene rings is 2. The fourth-order valence-corrected chi connectivity index (χ4v) is 3.32. The lowest BCUT2D eigenvalue weighted by Crippen LogP contribution is -1.99. The van der Waals surface area contributed by atoms with Gasteiger partial charge >= 0.3 is 0 Å². The maximum Gasteiger partial charge on any atom is 0.242 e. The molecular weight excluding hydrogens is 278 g/mol. The summed E-state index contributed by atoms with van der Waals surface area (Å²) in [6.45, 7) is 0. The van der Waals surface area contributed by atoms with Crippen LogP contribution in [0.25, 0.3) is 32.2 Å². The minimum atomic E-state index is 0.0523. The van der Waals surface area contributed by atoms with Gasteiger partial charge in [0.05, 0.1) is 5.52 Å². The molecular formula is C18H11NOS. The maximum absolute atomic E-state index is 12.3. The van der Waals surface area contributed by atoms with Gasteiger partial charge in [-0.15, -0.1) is 0 Å². The summed E-state index contributed by atoms with van der Waals surface area (Å²) in [6, 6.07) is 21.8. The van der Waals surface area contributed by atoms with Gasteiger partial charge in [0.2, 0.25) is 4.74 Å². The molecule has 21 heavy (non-hydrogen) atoms. The average Bonchev–Trinajstić information content (AvgIpc) is 2.53. The van der Waals surface area contributed by atoms with E-state index in [9.17, 15) is 4.79 Å². The minimum absolute atomic E-state index is 0.0523. The van der Waals surface area contributed by atoms with Crippen LogP contribution in [0.3, 0.4) is 0 Å². The molecule has 2 nitrogen and oxygen atoms in total. The Morgan fingerprint density at radius 1 is 0.810 bits per heavy atom. The minimum Gasteiger partial charge on any atom is -0.277 e. The first-order valence-electron chi connectivity index (χ1n) is 6.70. The van der Waals surface area contributed by atoms with Crippen LogP contribution in [-0.4, -0.2) is 4.98 Å². The highest BCUT2D eigenvalue weighted by Crippen LogP contribution is 2.25. The highest BCUT2D eigenvalue weighted by atomic mass is 32.1. The van der Waals surface area contributed by atoms with Crippen LogP contribution in [0.2, 0.25) is 0 Å². The van der Waals surface area contributed by atoms with Crippen molar-refractivity contribution >= 4 is 32.5 Å². The smallest absolute Gasteiger partial charge is 0.242 e. The number of aromatic nitrogens is 1. The molecule has 0 fully saturated rings. The molecule has 2 aromatic carbocycles. The summed E-state index contributed by atoms with van der Waals surface area (Å²) in [7, 11) is 0. The Morgan fingerprint density at radius 2 is 1.57 bits per heavy atom. The zero-order valence-corrected chi connectivity index (χ0v) is 11.9. The van der Waals surface area contributed by atoms with Crippen LogP contribution in [0.5, 0.6) is 0 Å². The van der Waals surface area contributed by atoms with Crippen LogP contribution in [0.4, 0.5) is 0 Å². The third-order valence-electron chi connectivity index (χ3n) is 3.51. The zero-order valence-electron chi connectivity index (χ0n) is 11.1. The molecule has 0 spiro atoms. The van der Waals surface area contributed by atoms with Crippen molar-refractivity contribution < 1.29 is 0 Å². The Morgan fingerprint density at radius 3 is 2.43 bits per heavy atom. The largest absolute Gasteiger partial charge is 0.277 e. The molecule has 0 N–H and O–H groups in total. The summed E-state index contributed by atoms with van der Waals surface area (Å²) in [4.78, 5) is 17.7. The van der Waals surface area contributed by atoms with Crippen molar-refractivity contribution in [3.05, 3.63) is 76.3 Å². The Kier molecular flexibility index (Phi) is 2.79. The van der Waals surface area contributed by atoms with E-state index in [0.717, 1.165) is 32.2 Å². The summed E-state index contributed by atoms with van der Waals surface area (Å²) < 4.78 is 0.0523. The van der Waals surface area contributed by atoms with Gasteiger partial charge in [-0.25, -0.2) is 4.98 Å². The summed E-state index contributed by atoms with van der Waals surface area (Å²) in [5.74, 6) is 0. The van der Waals surface area contributed by atoms with Crippen LogP contribution in [0, 0.1) is 0 Å². The normalized spacial score (nSPS) is 11.0. The third kappa shape index (κ3) is 2.12. The van der Waals surface area contributed by atoms with E-state index < -0.39 is 0 Å². The zero-order chi connectivity index (χ0) is 14.2. The summed E-state index contributed by atoms with van der Waals surface area (Å²) in [5.41, 5.74) is 2.62. The van der Waals surface area contributed by atoms with E-state index in [4.69, 9.17) is 0 Å². The number of hydrogen-bond donors (Lipinski definition) is 0. The highest BCUT2D eigenvalue weighted by molar-refractivity contribution is 7.16. The number of rotatable bonds is 1. The predicted octanol–water partition coefficient (Wildman–Crippen LogP) is 4.48. The van der Waals surface area contributed by atoms with E-state index >= 15 is 0 Å². The second-order valence-electron chi connectivity index (χ2n) is 4.89. The molecule has 0 radical (unpaired) electrons. The van der Waals surface area contributed by atoms with Crippen molar-refractivity contribution in [3.8, 4) is 11.1 Å². The van der Waals surface area contributed by atoms with Crippen molar-refractivity contribution in [2.24, 2.45) is 0 Å². The van der Waals surface area contributed by atoms with Crippen LogP contribution in [-0.2, 0) is 0 Å². The van der Waals surface area contributed by atoms with Gasteiger partial charge in [-0.05, 0) is 23.8 Å². The van der Waals surface area contributed by atoms with Crippen LogP contribution < -0.4 is 4.74 Å². The fraction of sp³-hybridized carbons (Fsp3) is 0. The van der Waals surface area contributed by atoms with Crippen molar-refractivity contribution in [2.75, 3.05) is 0 Å². The van der Waals surface area contributed by atoms with Gasteiger partial charge < -0.3 is 0 Å². The third-order valence-corrected chi connectivity index (χ3v) is 4.44. The van der Waals surface area contributed by atoms with Crippen LogP contribution in [0.1, 0.15) is 0 Å². The molecule has 0 atom stereocenters. The molecule has 0 unspecified atom stereocenters. The van der Waals surface area contributed by atoms with E-state index in [-0.39, 0.29) is 4.74 Å². The molecule has 0 aliphatic rings. The number of para-hydroxylation sites is 1. The molecule has 0 aliphatic heterocycles. The number of hydrogen-bond acceptors (Lipinski definition) is 3. The Bertz CT molecular complexity index is 1010. The molecule has 0 bridgehead atoms. The topological polar surface area (TPSA) is 30.0 Å². The first-order valence-corrected chi connectivity index (χ1v) is 7.52. The van der Waals surface area contributed by atoms with Gasteiger partial charge in [-0.2, -0.15) is 0 Å². The first-order chi connectivity index (χ1) is 10.3.